The summed E-state index contributed by atoms with van der Waals surface area (Å²) in [6.45, 7) is -0.820. The van der Waals surface area contributed by atoms with Crippen molar-refractivity contribution in [2.24, 2.45) is 0 Å². The number of hydrogen-bond acceptors (Lipinski definition) is 6. The summed E-state index contributed by atoms with van der Waals surface area (Å²) in [4.78, 5) is 0. The molecule has 13 heavy (non-hydrogen) atoms. The monoisotopic (exact) mass is 192 g/mol. The summed E-state index contributed by atoms with van der Waals surface area (Å²) >= 11 is 0. The van der Waals surface area contributed by atoms with Gasteiger partial charge in [-0.25, -0.2) is 0 Å². The Balaban J connectivity index is 2.25. The van der Waals surface area contributed by atoms with Crippen LogP contribution in [0.4, 0.5) is 0 Å². The van der Waals surface area contributed by atoms with E-state index in [0.29, 0.717) is 0 Å². The Kier molecular flexibility index (Phi) is 1.88. The summed E-state index contributed by atoms with van der Waals surface area (Å²) in [6.07, 6.45) is -5.52. The molecule has 0 aromatic rings. The number of epoxide rings is 1. The number of ether oxygens (including phenoxy) is 1. The summed E-state index contributed by atoms with van der Waals surface area (Å²) in [5.74, 6) is 0. The van der Waals surface area contributed by atoms with E-state index in [1.807, 2.05) is 0 Å². The van der Waals surface area contributed by atoms with Crippen molar-refractivity contribution >= 4 is 0 Å². The average Bonchev–Trinajstić information content (AvgIpc) is 2.91. The Hall–Kier alpha value is -0.240. The molecule has 5 N–H and O–H groups in total. The Labute approximate surface area is 74.0 Å². The van der Waals surface area contributed by atoms with Gasteiger partial charge in [-0.1, -0.05) is 0 Å². The average molecular weight is 192 g/mol. The van der Waals surface area contributed by atoms with Gasteiger partial charge in [0.25, 0.3) is 0 Å². The number of hydrogen-bond donors (Lipinski definition) is 5. The van der Waals surface area contributed by atoms with Crippen LogP contribution in [-0.4, -0.2) is 68.3 Å². The first-order valence-electron chi connectivity index (χ1n) is 4.05. The molecule has 1 aliphatic heterocycles. The molecule has 0 unspecified atom stereocenters. The maximum atomic E-state index is 9.59. The van der Waals surface area contributed by atoms with Gasteiger partial charge in [-0.15, -0.1) is 0 Å². The highest BCUT2D eigenvalue weighted by molar-refractivity contribution is 5.15. The van der Waals surface area contributed by atoms with Gasteiger partial charge in [0, 0.05) is 0 Å². The summed E-state index contributed by atoms with van der Waals surface area (Å²) in [7, 11) is 0. The van der Waals surface area contributed by atoms with Gasteiger partial charge < -0.3 is 30.3 Å². The van der Waals surface area contributed by atoms with E-state index in [-0.39, 0.29) is 0 Å². The summed E-state index contributed by atoms with van der Waals surface area (Å²) in [5, 5.41) is 46.5. The smallest absolute Gasteiger partial charge is 0.144 e. The number of aliphatic hydroxyl groups excluding tert-OH is 4. The second-order valence-electron chi connectivity index (χ2n) is 3.59. The highest BCUT2D eigenvalue weighted by Crippen LogP contribution is 2.41. The lowest BCUT2D eigenvalue weighted by molar-refractivity contribution is -0.207. The Morgan fingerprint density at radius 2 is 1.69 bits per heavy atom. The second-order valence-corrected chi connectivity index (χ2v) is 3.59. The quantitative estimate of drug-likeness (QED) is 0.276. The molecule has 1 saturated carbocycles. The van der Waals surface area contributed by atoms with E-state index in [1.54, 1.807) is 0 Å². The van der Waals surface area contributed by atoms with Gasteiger partial charge in [-0.05, 0) is 0 Å². The molecule has 0 amide bonds. The zero-order valence-corrected chi connectivity index (χ0v) is 6.74. The maximum Gasteiger partial charge on any atom is 0.144 e. The molecule has 6 atom stereocenters. The Morgan fingerprint density at radius 3 is 2.23 bits per heavy atom. The van der Waals surface area contributed by atoms with Gasteiger partial charge in [0.1, 0.15) is 36.1 Å². The van der Waals surface area contributed by atoms with Crippen LogP contribution in [0.3, 0.4) is 0 Å². The lowest BCUT2D eigenvalue weighted by Crippen LogP contribution is -2.65. The van der Waals surface area contributed by atoms with E-state index >= 15 is 0 Å². The third kappa shape index (κ3) is 1.04. The fourth-order valence-electron chi connectivity index (χ4n) is 1.79. The van der Waals surface area contributed by atoms with Gasteiger partial charge in [0.2, 0.25) is 0 Å². The van der Waals surface area contributed by atoms with E-state index in [2.05, 4.69) is 0 Å². The van der Waals surface area contributed by atoms with Gasteiger partial charge in [-0.3, -0.25) is 0 Å². The van der Waals surface area contributed by atoms with Gasteiger partial charge in [-0.2, -0.15) is 0 Å². The van der Waals surface area contributed by atoms with E-state index in [1.165, 1.54) is 0 Å². The predicted molar refractivity (Wildman–Crippen MR) is 38.7 cm³/mol. The van der Waals surface area contributed by atoms with Crippen LogP contribution in [0.1, 0.15) is 0 Å². The first kappa shape index (κ1) is 9.32. The fourth-order valence-corrected chi connectivity index (χ4v) is 1.79. The molecular formula is C7H12O6. The van der Waals surface area contributed by atoms with Crippen molar-refractivity contribution in [2.45, 2.75) is 36.1 Å². The van der Waals surface area contributed by atoms with Crippen LogP contribution in [0, 0.1) is 0 Å². The lowest BCUT2D eigenvalue weighted by atomic mass is 9.78. The van der Waals surface area contributed by atoms with Gasteiger partial charge in [0.05, 0.1) is 6.61 Å². The minimum atomic E-state index is -2.09. The molecular weight excluding hydrogens is 180 g/mol. The van der Waals surface area contributed by atoms with Crippen molar-refractivity contribution in [3.05, 3.63) is 0 Å². The Bertz CT molecular complexity index is 221. The molecule has 0 spiro atoms. The minimum Gasteiger partial charge on any atom is -0.393 e. The largest absolute Gasteiger partial charge is 0.393 e. The molecule has 6 heteroatoms. The van der Waals surface area contributed by atoms with Crippen molar-refractivity contribution in [2.75, 3.05) is 6.61 Å². The molecule has 6 nitrogen and oxygen atoms in total. The van der Waals surface area contributed by atoms with E-state index < -0.39 is 42.7 Å². The van der Waals surface area contributed by atoms with Crippen LogP contribution in [-0.2, 0) is 4.74 Å². The number of aliphatic hydroxyl groups is 5. The summed E-state index contributed by atoms with van der Waals surface area (Å²) in [5.41, 5.74) is -2.09. The predicted octanol–water partition coefficient (Wildman–Crippen LogP) is -3.43. The molecule has 0 aromatic heterocycles. The topological polar surface area (TPSA) is 114 Å². The van der Waals surface area contributed by atoms with Gasteiger partial charge in [0.15, 0.2) is 0 Å². The van der Waals surface area contributed by atoms with Crippen molar-refractivity contribution in [1.82, 2.24) is 0 Å². The molecule has 1 heterocycles. The molecule has 76 valence electrons. The first-order valence-corrected chi connectivity index (χ1v) is 4.05. The zero-order chi connectivity index (χ0) is 9.80. The molecule has 0 radical (unpaired) electrons. The molecule has 0 bridgehead atoms. The zero-order valence-electron chi connectivity index (χ0n) is 6.74. The SMILES string of the molecule is OC[C@@]1(O)[C@H](O)[C@@H]2O[C@@H]2[C@@H](O)[C@@H]1O. The molecule has 2 fully saturated rings. The van der Waals surface area contributed by atoms with Crippen LogP contribution in [0.25, 0.3) is 0 Å². The maximum absolute atomic E-state index is 9.59. The molecule has 2 rings (SSSR count). The normalized spacial score (nSPS) is 60.2. The second kappa shape index (κ2) is 2.63. The summed E-state index contributed by atoms with van der Waals surface area (Å²) in [6, 6.07) is 0. The summed E-state index contributed by atoms with van der Waals surface area (Å²) < 4.78 is 4.84. The van der Waals surface area contributed by atoms with Crippen LogP contribution < -0.4 is 0 Å². The van der Waals surface area contributed by atoms with Crippen LogP contribution in [0.15, 0.2) is 0 Å². The lowest BCUT2D eigenvalue weighted by Gasteiger charge is -2.39. The van der Waals surface area contributed by atoms with Crippen LogP contribution in [0.2, 0.25) is 0 Å². The molecule has 0 aromatic carbocycles. The van der Waals surface area contributed by atoms with E-state index in [4.69, 9.17) is 9.84 Å². The van der Waals surface area contributed by atoms with E-state index in [9.17, 15) is 20.4 Å². The van der Waals surface area contributed by atoms with Crippen molar-refractivity contribution in [3.8, 4) is 0 Å². The standard InChI is InChI=1S/C7H12O6/c8-1-7(12)5(10)2(9)3-4(13-3)6(7)11/h2-6,8-12H,1H2/t2-,3-,4-,5+,6-,7+/m1/s1. The molecule has 1 aliphatic carbocycles. The highest BCUT2D eigenvalue weighted by atomic mass is 16.6. The van der Waals surface area contributed by atoms with Crippen LogP contribution in [0.5, 0.6) is 0 Å². The highest BCUT2D eigenvalue weighted by Gasteiger charge is 2.66. The Morgan fingerprint density at radius 1 is 1.08 bits per heavy atom. The van der Waals surface area contributed by atoms with Crippen molar-refractivity contribution in [3.63, 3.8) is 0 Å². The third-order valence-electron chi connectivity index (χ3n) is 2.81. The fraction of sp³-hybridized carbons (Fsp3) is 1.00. The third-order valence-corrected chi connectivity index (χ3v) is 2.81. The van der Waals surface area contributed by atoms with Crippen molar-refractivity contribution in [1.29, 1.82) is 0 Å². The minimum absolute atomic E-state index is 0.628. The first-order chi connectivity index (χ1) is 6.02. The molecule has 1 saturated heterocycles. The van der Waals surface area contributed by atoms with Crippen LogP contribution >= 0.6 is 0 Å². The number of fused-ring (bicyclic) bond motifs is 1. The van der Waals surface area contributed by atoms with Gasteiger partial charge >= 0.3 is 0 Å². The van der Waals surface area contributed by atoms with Crippen molar-refractivity contribution < 1.29 is 30.3 Å². The van der Waals surface area contributed by atoms with E-state index in [0.717, 1.165) is 0 Å². The molecule has 2 aliphatic rings. The number of rotatable bonds is 1.